The van der Waals surface area contributed by atoms with Gasteiger partial charge in [0.2, 0.25) is 0 Å². The van der Waals surface area contributed by atoms with Crippen molar-refractivity contribution in [1.82, 2.24) is 15.2 Å². The molecule has 2 aromatic rings. The van der Waals surface area contributed by atoms with Crippen molar-refractivity contribution in [2.45, 2.75) is 5.60 Å². The summed E-state index contributed by atoms with van der Waals surface area (Å²) in [6, 6.07) is 4.02. The van der Waals surface area contributed by atoms with Crippen LogP contribution in [0.25, 0.3) is 9.88 Å². The van der Waals surface area contributed by atoms with E-state index in [0.717, 1.165) is 16.4 Å². The van der Waals surface area contributed by atoms with E-state index in [-0.39, 0.29) is 5.91 Å². The number of rotatable bonds is 2. The van der Waals surface area contributed by atoms with E-state index in [0.29, 0.717) is 45.1 Å². The minimum atomic E-state index is -0.447. The summed E-state index contributed by atoms with van der Waals surface area (Å²) in [4.78, 5) is 20.3. The molecule has 0 unspecified atom stereocenters. The number of nitrogens with zero attached hydrogens (tertiary/aromatic N) is 2. The van der Waals surface area contributed by atoms with Crippen molar-refractivity contribution in [3.05, 3.63) is 28.6 Å². The minimum Gasteiger partial charge on any atom is -0.377 e. The number of carbonyl (C=O) groups excluding carboxylic acids is 1. The van der Waals surface area contributed by atoms with Gasteiger partial charge in [0.25, 0.3) is 5.91 Å². The molecule has 2 aliphatic rings. The smallest absolute Gasteiger partial charge is 0.273 e. The second kappa shape index (κ2) is 6.89. The molecule has 0 bridgehead atoms. The van der Waals surface area contributed by atoms with Gasteiger partial charge in [-0.25, -0.2) is 4.98 Å². The van der Waals surface area contributed by atoms with Crippen LogP contribution in [0.1, 0.15) is 10.5 Å². The van der Waals surface area contributed by atoms with Gasteiger partial charge in [0.15, 0.2) is 0 Å². The third-order valence-electron chi connectivity index (χ3n) is 4.23. The maximum Gasteiger partial charge on any atom is 0.273 e. The third-order valence-corrected chi connectivity index (χ3v) is 6.11. The van der Waals surface area contributed by atoms with E-state index in [9.17, 15) is 4.79 Å². The summed E-state index contributed by atoms with van der Waals surface area (Å²) in [5.41, 5.74) is 0.0692. The zero-order chi connectivity index (χ0) is 16.4. The van der Waals surface area contributed by atoms with E-state index in [2.05, 4.69) is 10.3 Å². The summed E-state index contributed by atoms with van der Waals surface area (Å²) >= 11 is 3.15. The highest BCUT2D eigenvalue weighted by molar-refractivity contribution is 7.20. The fraction of sp³-hybridized carbons (Fsp3) is 0.500. The van der Waals surface area contributed by atoms with Crippen molar-refractivity contribution in [1.29, 1.82) is 0 Å². The van der Waals surface area contributed by atoms with Crippen molar-refractivity contribution in [3.63, 3.8) is 0 Å². The van der Waals surface area contributed by atoms with Crippen LogP contribution in [0.2, 0.25) is 0 Å². The summed E-state index contributed by atoms with van der Waals surface area (Å²) in [6.45, 7) is 4.36. The number of amides is 1. The molecule has 1 N–H and O–H groups in total. The molecule has 2 fully saturated rings. The van der Waals surface area contributed by atoms with Gasteiger partial charge in [-0.3, -0.25) is 4.79 Å². The van der Waals surface area contributed by atoms with Crippen molar-refractivity contribution in [2.75, 3.05) is 46.0 Å². The monoisotopic (exact) mass is 365 g/mol. The second-order valence-corrected chi connectivity index (χ2v) is 7.81. The highest BCUT2D eigenvalue weighted by Gasteiger charge is 2.40. The molecule has 8 heteroatoms. The van der Waals surface area contributed by atoms with Crippen LogP contribution in [-0.4, -0.2) is 67.4 Å². The zero-order valence-electron chi connectivity index (χ0n) is 13.2. The molecule has 6 nitrogen and oxygen atoms in total. The predicted molar refractivity (Wildman–Crippen MR) is 93.7 cm³/mol. The van der Waals surface area contributed by atoms with E-state index >= 15 is 0 Å². The first-order chi connectivity index (χ1) is 11.8. The Labute approximate surface area is 148 Å². The fourth-order valence-electron chi connectivity index (χ4n) is 3.03. The highest BCUT2D eigenvalue weighted by atomic mass is 32.1. The van der Waals surface area contributed by atoms with Gasteiger partial charge in [-0.2, -0.15) is 0 Å². The van der Waals surface area contributed by atoms with E-state index in [1.165, 1.54) is 11.3 Å². The van der Waals surface area contributed by atoms with Gasteiger partial charge in [0, 0.05) is 25.0 Å². The summed E-state index contributed by atoms with van der Waals surface area (Å²) < 4.78 is 11.6. The molecule has 24 heavy (non-hydrogen) atoms. The van der Waals surface area contributed by atoms with Gasteiger partial charge in [-0.05, 0) is 11.4 Å². The summed E-state index contributed by atoms with van der Waals surface area (Å²) in [5.74, 6) is -0.0269. The van der Waals surface area contributed by atoms with Crippen LogP contribution >= 0.6 is 22.7 Å². The lowest BCUT2D eigenvalue weighted by Crippen LogP contribution is -2.59. The highest BCUT2D eigenvalue weighted by Crippen LogP contribution is 2.29. The number of morpholine rings is 1. The molecule has 4 rings (SSSR count). The topological polar surface area (TPSA) is 63.7 Å². The summed E-state index contributed by atoms with van der Waals surface area (Å²) in [5, 5.41) is 8.09. The number of hydrogen-bond donors (Lipinski definition) is 1. The van der Waals surface area contributed by atoms with Gasteiger partial charge in [0.05, 0.1) is 31.2 Å². The molecular formula is C16H19N3O3S2. The summed E-state index contributed by atoms with van der Waals surface area (Å²) in [6.07, 6.45) is 0. The zero-order valence-corrected chi connectivity index (χ0v) is 14.8. The molecule has 0 saturated carbocycles. The average molecular weight is 365 g/mol. The van der Waals surface area contributed by atoms with Crippen molar-refractivity contribution >= 4 is 28.6 Å². The predicted octanol–water partition coefficient (Wildman–Crippen LogP) is 1.70. The van der Waals surface area contributed by atoms with Crippen LogP contribution in [0.5, 0.6) is 0 Å². The summed E-state index contributed by atoms with van der Waals surface area (Å²) in [7, 11) is 0. The first-order valence-electron chi connectivity index (χ1n) is 7.97. The van der Waals surface area contributed by atoms with Gasteiger partial charge in [-0.15, -0.1) is 22.7 Å². The van der Waals surface area contributed by atoms with Crippen molar-refractivity contribution in [3.8, 4) is 9.88 Å². The molecule has 2 aromatic heterocycles. The number of ether oxygens (including phenoxy) is 2. The second-order valence-electron chi connectivity index (χ2n) is 6.00. The quantitative estimate of drug-likeness (QED) is 0.878. The van der Waals surface area contributed by atoms with E-state index in [4.69, 9.17) is 9.47 Å². The Balaban J connectivity index is 1.49. The maximum atomic E-state index is 12.9. The Bertz CT molecular complexity index is 693. The number of thiophene rings is 1. The minimum absolute atomic E-state index is 0.0269. The lowest BCUT2D eigenvalue weighted by atomic mass is 10.0. The SMILES string of the molecule is O=C(c1csc(-c2cccs2)n1)N1CCO[C@@]2(CNCCOC2)C1. The molecule has 128 valence electrons. The Morgan fingerprint density at radius 1 is 1.38 bits per heavy atom. The molecule has 2 aliphatic heterocycles. The Morgan fingerprint density at radius 2 is 2.33 bits per heavy atom. The molecule has 1 atom stereocenters. The lowest BCUT2D eigenvalue weighted by Gasteiger charge is -2.41. The number of aromatic nitrogens is 1. The standard InChI is InChI=1S/C16H19N3O3S2/c20-15(12-8-24-14(18-12)13-2-1-7-23-13)19-4-6-22-16(10-19)9-17-3-5-21-11-16/h1-2,7-8,17H,3-6,9-11H2/t16-/m0/s1. The number of thiazole rings is 1. The third kappa shape index (κ3) is 3.25. The first-order valence-corrected chi connectivity index (χ1v) is 9.73. The van der Waals surface area contributed by atoms with Crippen molar-refractivity contribution < 1.29 is 14.3 Å². The molecular weight excluding hydrogens is 346 g/mol. The molecule has 0 radical (unpaired) electrons. The van der Waals surface area contributed by atoms with E-state index < -0.39 is 5.60 Å². The Hall–Kier alpha value is -1.32. The molecule has 1 spiro atoms. The van der Waals surface area contributed by atoms with Crippen LogP contribution < -0.4 is 5.32 Å². The molecule has 2 saturated heterocycles. The van der Waals surface area contributed by atoms with Crippen molar-refractivity contribution in [2.24, 2.45) is 0 Å². The lowest BCUT2D eigenvalue weighted by molar-refractivity contribution is -0.125. The van der Waals surface area contributed by atoms with Gasteiger partial charge in [0.1, 0.15) is 16.3 Å². The van der Waals surface area contributed by atoms with Crippen LogP contribution in [-0.2, 0) is 9.47 Å². The Kier molecular flexibility index (Phi) is 4.64. The maximum absolute atomic E-state index is 12.9. The molecule has 4 heterocycles. The van der Waals surface area contributed by atoms with Crippen LogP contribution in [0.3, 0.4) is 0 Å². The normalized spacial score (nSPS) is 24.9. The average Bonchev–Trinajstić information content (AvgIpc) is 3.25. The molecule has 0 aliphatic carbocycles. The van der Waals surface area contributed by atoms with Crippen LogP contribution in [0.15, 0.2) is 22.9 Å². The van der Waals surface area contributed by atoms with Gasteiger partial charge >= 0.3 is 0 Å². The number of hydrogen-bond acceptors (Lipinski definition) is 7. The fourth-order valence-corrected chi connectivity index (χ4v) is 4.64. The van der Waals surface area contributed by atoms with Gasteiger partial charge in [-0.1, -0.05) is 6.07 Å². The van der Waals surface area contributed by atoms with E-state index in [1.54, 1.807) is 11.3 Å². The van der Waals surface area contributed by atoms with E-state index in [1.807, 2.05) is 27.8 Å². The Morgan fingerprint density at radius 3 is 3.21 bits per heavy atom. The number of carbonyl (C=O) groups is 1. The largest absolute Gasteiger partial charge is 0.377 e. The molecule has 1 amide bonds. The number of nitrogens with one attached hydrogen (secondary N) is 1. The van der Waals surface area contributed by atoms with Crippen LogP contribution in [0, 0.1) is 0 Å². The first kappa shape index (κ1) is 16.2. The van der Waals surface area contributed by atoms with Crippen LogP contribution in [0.4, 0.5) is 0 Å². The van der Waals surface area contributed by atoms with Gasteiger partial charge < -0.3 is 19.7 Å². The molecule has 0 aromatic carbocycles.